The van der Waals surface area contributed by atoms with Gasteiger partial charge in [0.1, 0.15) is 0 Å². The lowest BCUT2D eigenvalue weighted by Crippen LogP contribution is -1.76. The Labute approximate surface area is 115 Å². The largest absolute Gasteiger partial charge is 0.361 e. The summed E-state index contributed by atoms with van der Waals surface area (Å²) >= 11 is 0. The molecule has 2 nitrogen and oxygen atoms in total. The molecule has 2 heteroatoms. The summed E-state index contributed by atoms with van der Waals surface area (Å²) in [4.78, 5) is 6.79. The van der Waals surface area contributed by atoms with Crippen molar-refractivity contribution in [2.45, 2.75) is 0 Å². The molecular weight excluding hydrogens is 244 g/mol. The first-order valence-electron chi connectivity index (χ1n) is 6.80. The molecule has 0 aliphatic rings. The van der Waals surface area contributed by atoms with Crippen molar-refractivity contribution in [2.75, 3.05) is 0 Å². The van der Waals surface area contributed by atoms with E-state index in [2.05, 4.69) is 64.6 Å². The summed E-state index contributed by atoms with van der Waals surface area (Å²) in [6.07, 6.45) is 2.00. The van der Waals surface area contributed by atoms with Gasteiger partial charge in [-0.2, -0.15) is 0 Å². The Balaban J connectivity index is 2.08. The molecule has 0 saturated heterocycles. The normalized spacial score (nSPS) is 12.0. The maximum atomic E-state index is 3.50. The van der Waals surface area contributed by atoms with Gasteiger partial charge in [0.05, 0.1) is 0 Å². The first-order chi connectivity index (χ1) is 9.90. The van der Waals surface area contributed by atoms with Crippen LogP contribution in [0.4, 0.5) is 0 Å². The summed E-state index contributed by atoms with van der Waals surface area (Å²) in [7, 11) is 0. The lowest BCUT2D eigenvalue weighted by Gasteiger charge is -2.01. The summed E-state index contributed by atoms with van der Waals surface area (Å²) in [6.45, 7) is 0. The summed E-state index contributed by atoms with van der Waals surface area (Å²) in [6, 6.07) is 19.5. The van der Waals surface area contributed by atoms with Gasteiger partial charge in [-0.1, -0.05) is 24.3 Å². The smallest absolute Gasteiger partial charge is 0.0471 e. The van der Waals surface area contributed by atoms with Crippen LogP contribution >= 0.6 is 0 Å². The van der Waals surface area contributed by atoms with Gasteiger partial charge < -0.3 is 9.97 Å². The minimum absolute atomic E-state index is 1.19. The molecule has 0 unspecified atom stereocenters. The van der Waals surface area contributed by atoms with Gasteiger partial charge in [-0.3, -0.25) is 0 Å². The standard InChI is InChI=1S/C18H12N2/c1-2-4-17-12(3-1)15-10-14-11(9-18(15)20-17)5-6-16-13(14)7-8-19-16/h1-10,19-20H. The van der Waals surface area contributed by atoms with Crippen molar-refractivity contribution < 1.29 is 0 Å². The third-order valence-corrected chi connectivity index (χ3v) is 4.17. The molecule has 3 aromatic carbocycles. The van der Waals surface area contributed by atoms with Crippen LogP contribution in [0, 0.1) is 0 Å². The number of nitrogens with one attached hydrogen (secondary N) is 2. The fourth-order valence-corrected chi connectivity index (χ4v) is 3.21. The number of aromatic amines is 2. The van der Waals surface area contributed by atoms with Crippen molar-refractivity contribution in [3.05, 3.63) is 60.8 Å². The van der Waals surface area contributed by atoms with Crippen molar-refractivity contribution in [2.24, 2.45) is 0 Å². The van der Waals surface area contributed by atoms with Crippen LogP contribution in [0.3, 0.4) is 0 Å². The van der Waals surface area contributed by atoms with Crippen LogP contribution in [-0.4, -0.2) is 9.97 Å². The van der Waals surface area contributed by atoms with E-state index in [1.807, 2.05) is 6.20 Å². The van der Waals surface area contributed by atoms with E-state index in [1.165, 1.54) is 43.5 Å². The maximum absolute atomic E-state index is 3.50. The number of H-pyrrole nitrogens is 2. The third-order valence-electron chi connectivity index (χ3n) is 4.17. The molecule has 5 rings (SSSR count). The molecule has 94 valence electrons. The van der Waals surface area contributed by atoms with Gasteiger partial charge in [0.25, 0.3) is 0 Å². The van der Waals surface area contributed by atoms with E-state index in [9.17, 15) is 0 Å². The predicted octanol–water partition coefficient (Wildman–Crippen LogP) is 4.96. The van der Waals surface area contributed by atoms with Crippen LogP contribution in [0.2, 0.25) is 0 Å². The molecule has 0 aliphatic heterocycles. The summed E-state index contributed by atoms with van der Waals surface area (Å²) in [5, 5.41) is 6.45. The molecule has 2 aromatic heterocycles. The zero-order valence-electron chi connectivity index (χ0n) is 10.8. The molecule has 0 radical (unpaired) electrons. The zero-order valence-corrected chi connectivity index (χ0v) is 10.8. The number of rotatable bonds is 0. The highest BCUT2D eigenvalue weighted by Gasteiger charge is 2.07. The predicted molar refractivity (Wildman–Crippen MR) is 85.2 cm³/mol. The Morgan fingerprint density at radius 2 is 1.50 bits per heavy atom. The van der Waals surface area contributed by atoms with Crippen molar-refractivity contribution in [3.8, 4) is 0 Å². The van der Waals surface area contributed by atoms with Crippen LogP contribution in [0.15, 0.2) is 60.8 Å². The summed E-state index contributed by atoms with van der Waals surface area (Å²) in [5.74, 6) is 0. The summed E-state index contributed by atoms with van der Waals surface area (Å²) < 4.78 is 0. The molecule has 0 spiro atoms. The van der Waals surface area contributed by atoms with E-state index in [-0.39, 0.29) is 0 Å². The maximum Gasteiger partial charge on any atom is 0.0471 e. The lowest BCUT2D eigenvalue weighted by molar-refractivity contribution is 1.48. The molecule has 2 N–H and O–H groups in total. The molecule has 0 saturated carbocycles. The van der Waals surface area contributed by atoms with Crippen LogP contribution in [0.5, 0.6) is 0 Å². The minimum atomic E-state index is 1.19. The van der Waals surface area contributed by atoms with E-state index < -0.39 is 0 Å². The highest BCUT2D eigenvalue weighted by molar-refractivity contribution is 6.16. The van der Waals surface area contributed by atoms with E-state index in [1.54, 1.807) is 0 Å². The Morgan fingerprint density at radius 3 is 2.50 bits per heavy atom. The molecule has 0 fully saturated rings. The first kappa shape index (κ1) is 10.1. The number of hydrogen-bond acceptors (Lipinski definition) is 0. The quantitative estimate of drug-likeness (QED) is 0.392. The topological polar surface area (TPSA) is 31.6 Å². The van der Waals surface area contributed by atoms with Crippen LogP contribution < -0.4 is 0 Å². The lowest BCUT2D eigenvalue weighted by atomic mass is 10.0. The number of benzene rings is 3. The summed E-state index contributed by atoms with van der Waals surface area (Å²) in [5.41, 5.74) is 3.59. The van der Waals surface area contributed by atoms with Crippen molar-refractivity contribution in [1.82, 2.24) is 9.97 Å². The van der Waals surface area contributed by atoms with Crippen molar-refractivity contribution >= 4 is 43.5 Å². The number of fused-ring (bicyclic) bond motifs is 6. The number of hydrogen-bond donors (Lipinski definition) is 2. The number of aromatic nitrogens is 2. The molecule has 0 aliphatic carbocycles. The average molecular weight is 256 g/mol. The van der Waals surface area contributed by atoms with E-state index >= 15 is 0 Å². The van der Waals surface area contributed by atoms with Crippen LogP contribution in [-0.2, 0) is 0 Å². The van der Waals surface area contributed by atoms with Gasteiger partial charge >= 0.3 is 0 Å². The van der Waals surface area contributed by atoms with Crippen LogP contribution in [0.25, 0.3) is 43.5 Å². The van der Waals surface area contributed by atoms with E-state index in [0.29, 0.717) is 0 Å². The van der Waals surface area contributed by atoms with Crippen molar-refractivity contribution in [3.63, 3.8) is 0 Å². The molecule has 0 amide bonds. The SMILES string of the molecule is c1ccc2c(c1)[nH]c1cc3ccc4[nH]ccc4c3cc12. The molecule has 2 heterocycles. The first-order valence-corrected chi connectivity index (χ1v) is 6.80. The van der Waals surface area contributed by atoms with Crippen molar-refractivity contribution in [1.29, 1.82) is 0 Å². The molecule has 20 heavy (non-hydrogen) atoms. The Kier molecular flexibility index (Phi) is 1.73. The zero-order chi connectivity index (χ0) is 13.1. The molecule has 0 atom stereocenters. The van der Waals surface area contributed by atoms with Gasteiger partial charge in [-0.05, 0) is 41.1 Å². The highest BCUT2D eigenvalue weighted by Crippen LogP contribution is 2.32. The van der Waals surface area contributed by atoms with E-state index in [4.69, 9.17) is 0 Å². The van der Waals surface area contributed by atoms with Gasteiger partial charge in [-0.25, -0.2) is 0 Å². The highest BCUT2D eigenvalue weighted by atomic mass is 14.7. The van der Waals surface area contributed by atoms with Gasteiger partial charge in [0.2, 0.25) is 0 Å². The minimum Gasteiger partial charge on any atom is -0.361 e. The molecular formula is C18H12N2. The van der Waals surface area contributed by atoms with Crippen LogP contribution in [0.1, 0.15) is 0 Å². The monoisotopic (exact) mass is 256 g/mol. The molecule has 0 bridgehead atoms. The second-order valence-corrected chi connectivity index (χ2v) is 5.29. The average Bonchev–Trinajstić information content (AvgIpc) is 3.09. The molecule has 5 aromatic rings. The Morgan fingerprint density at radius 1 is 0.600 bits per heavy atom. The van der Waals surface area contributed by atoms with E-state index in [0.717, 1.165) is 0 Å². The fraction of sp³-hybridized carbons (Fsp3) is 0. The Hall–Kier alpha value is -2.74. The second-order valence-electron chi connectivity index (χ2n) is 5.29. The number of para-hydroxylation sites is 1. The van der Waals surface area contributed by atoms with Gasteiger partial charge in [0.15, 0.2) is 0 Å². The Bertz CT molecular complexity index is 1100. The fourth-order valence-electron chi connectivity index (χ4n) is 3.21. The second kappa shape index (κ2) is 3.42. The third kappa shape index (κ3) is 1.18. The van der Waals surface area contributed by atoms with Gasteiger partial charge in [0, 0.05) is 38.9 Å². The van der Waals surface area contributed by atoms with Gasteiger partial charge in [-0.15, -0.1) is 0 Å².